The van der Waals surface area contributed by atoms with Gasteiger partial charge in [-0.15, -0.1) is 11.8 Å². The SMILES string of the molecule is COC(=O)CSCCC(=O)Nc1ccc(N2CCN(C(=O)OC(C)(C)C)CC2)cn1. The Kier molecular flexibility index (Phi) is 8.76. The van der Waals surface area contributed by atoms with Crippen LogP contribution in [0.4, 0.5) is 16.3 Å². The summed E-state index contributed by atoms with van der Waals surface area (Å²) in [5, 5.41) is 2.75. The summed E-state index contributed by atoms with van der Waals surface area (Å²) in [6, 6.07) is 3.66. The molecule has 1 fully saturated rings. The molecule has 2 heterocycles. The number of nitrogens with zero attached hydrogens (tertiary/aromatic N) is 3. The number of ether oxygens (including phenoxy) is 2. The van der Waals surface area contributed by atoms with Crippen LogP contribution in [0.1, 0.15) is 27.2 Å². The molecule has 0 unspecified atom stereocenters. The van der Waals surface area contributed by atoms with Crippen LogP contribution in [0.3, 0.4) is 0 Å². The molecule has 166 valence electrons. The molecule has 0 aromatic carbocycles. The lowest BCUT2D eigenvalue weighted by molar-refractivity contribution is -0.137. The summed E-state index contributed by atoms with van der Waals surface area (Å²) in [7, 11) is 1.34. The van der Waals surface area contributed by atoms with Crippen LogP contribution >= 0.6 is 11.8 Å². The third-order valence-electron chi connectivity index (χ3n) is 4.23. The van der Waals surface area contributed by atoms with Gasteiger partial charge in [-0.1, -0.05) is 0 Å². The van der Waals surface area contributed by atoms with Gasteiger partial charge in [0.05, 0.1) is 24.7 Å². The summed E-state index contributed by atoms with van der Waals surface area (Å²) >= 11 is 1.35. The quantitative estimate of drug-likeness (QED) is 0.511. The van der Waals surface area contributed by atoms with E-state index in [0.29, 0.717) is 37.7 Å². The molecule has 1 aromatic rings. The number of piperazine rings is 1. The van der Waals surface area contributed by atoms with Crippen LogP contribution in [-0.2, 0) is 19.1 Å². The van der Waals surface area contributed by atoms with E-state index in [9.17, 15) is 14.4 Å². The van der Waals surface area contributed by atoms with Gasteiger partial charge in [0, 0.05) is 38.4 Å². The second-order valence-corrected chi connectivity index (χ2v) is 8.89. The normalized spacial score (nSPS) is 14.3. The number of aromatic nitrogens is 1. The zero-order chi connectivity index (χ0) is 22.1. The van der Waals surface area contributed by atoms with E-state index in [0.717, 1.165) is 5.69 Å². The molecule has 1 N–H and O–H groups in total. The molecule has 0 saturated carbocycles. The Hall–Kier alpha value is -2.49. The number of hydrogen-bond donors (Lipinski definition) is 1. The number of methoxy groups -OCH3 is 1. The van der Waals surface area contributed by atoms with Gasteiger partial charge in [-0.3, -0.25) is 9.59 Å². The van der Waals surface area contributed by atoms with Crippen molar-refractivity contribution in [3.63, 3.8) is 0 Å². The number of rotatable bonds is 7. The number of nitrogens with one attached hydrogen (secondary N) is 1. The van der Waals surface area contributed by atoms with Crippen LogP contribution in [0.15, 0.2) is 18.3 Å². The summed E-state index contributed by atoms with van der Waals surface area (Å²) in [4.78, 5) is 43.3. The molecule has 9 nitrogen and oxygen atoms in total. The molecule has 10 heteroatoms. The maximum atomic E-state index is 12.2. The monoisotopic (exact) mass is 438 g/mol. The van der Waals surface area contributed by atoms with Gasteiger partial charge in [0.2, 0.25) is 5.91 Å². The zero-order valence-corrected chi connectivity index (χ0v) is 18.8. The molecule has 1 aliphatic rings. The van der Waals surface area contributed by atoms with Crippen LogP contribution < -0.4 is 10.2 Å². The van der Waals surface area contributed by atoms with Crippen LogP contribution in [0.25, 0.3) is 0 Å². The summed E-state index contributed by atoms with van der Waals surface area (Å²) in [6.45, 7) is 8.10. The van der Waals surface area contributed by atoms with Gasteiger partial charge < -0.3 is 24.6 Å². The lowest BCUT2D eigenvalue weighted by Crippen LogP contribution is -2.50. The minimum absolute atomic E-state index is 0.154. The van der Waals surface area contributed by atoms with Crippen LogP contribution in [0.2, 0.25) is 0 Å². The van der Waals surface area contributed by atoms with Crippen molar-refractivity contribution in [1.29, 1.82) is 0 Å². The lowest BCUT2D eigenvalue weighted by Gasteiger charge is -2.36. The van der Waals surface area contributed by atoms with Gasteiger partial charge in [0.25, 0.3) is 0 Å². The minimum Gasteiger partial charge on any atom is -0.468 e. The summed E-state index contributed by atoms with van der Waals surface area (Å²) in [6.07, 6.45) is 1.71. The summed E-state index contributed by atoms with van der Waals surface area (Å²) < 4.78 is 9.97. The fourth-order valence-electron chi connectivity index (χ4n) is 2.71. The average Bonchev–Trinajstić information content (AvgIpc) is 2.70. The van der Waals surface area contributed by atoms with Gasteiger partial charge in [0.1, 0.15) is 11.4 Å². The molecular weight excluding hydrogens is 408 g/mol. The molecule has 2 amide bonds. The number of hydrogen-bond acceptors (Lipinski definition) is 8. The highest BCUT2D eigenvalue weighted by Gasteiger charge is 2.26. The van der Waals surface area contributed by atoms with Crippen LogP contribution in [-0.4, -0.2) is 78.2 Å². The van der Waals surface area contributed by atoms with Crippen molar-refractivity contribution in [2.75, 3.05) is 55.0 Å². The Morgan fingerprint density at radius 1 is 1.17 bits per heavy atom. The first kappa shape index (κ1) is 23.8. The third-order valence-corrected chi connectivity index (χ3v) is 5.17. The van der Waals surface area contributed by atoms with Crippen LogP contribution in [0.5, 0.6) is 0 Å². The second kappa shape index (κ2) is 11.1. The Balaban J connectivity index is 1.75. The minimum atomic E-state index is -0.502. The fourth-order valence-corrected chi connectivity index (χ4v) is 3.46. The zero-order valence-electron chi connectivity index (χ0n) is 18.0. The van der Waals surface area contributed by atoms with Gasteiger partial charge in [-0.25, -0.2) is 9.78 Å². The number of amides is 2. The van der Waals surface area contributed by atoms with Gasteiger partial charge in [-0.05, 0) is 32.9 Å². The number of carbonyl (C=O) groups excluding carboxylic acids is 3. The van der Waals surface area contributed by atoms with Crippen molar-refractivity contribution in [2.45, 2.75) is 32.8 Å². The molecule has 1 aromatic heterocycles. The first-order valence-electron chi connectivity index (χ1n) is 9.81. The first-order valence-corrected chi connectivity index (χ1v) is 11.0. The summed E-state index contributed by atoms with van der Waals surface area (Å²) in [5.74, 6) is 0.788. The first-order chi connectivity index (χ1) is 14.2. The Labute approximate surface area is 181 Å². The maximum absolute atomic E-state index is 12.2. The number of esters is 1. The number of pyridine rings is 1. The predicted molar refractivity (Wildman–Crippen MR) is 117 cm³/mol. The topological polar surface area (TPSA) is 101 Å². The van der Waals surface area contributed by atoms with E-state index in [1.165, 1.54) is 18.9 Å². The Bertz CT molecular complexity index is 728. The smallest absolute Gasteiger partial charge is 0.410 e. The van der Waals surface area contributed by atoms with Crippen molar-refractivity contribution in [1.82, 2.24) is 9.88 Å². The van der Waals surface area contributed by atoms with Crippen molar-refractivity contribution >= 4 is 41.2 Å². The Morgan fingerprint density at radius 3 is 2.43 bits per heavy atom. The molecule has 0 spiro atoms. The summed E-state index contributed by atoms with van der Waals surface area (Å²) in [5.41, 5.74) is 0.434. The van der Waals surface area contributed by atoms with E-state index in [4.69, 9.17) is 4.74 Å². The van der Waals surface area contributed by atoms with Crippen molar-refractivity contribution in [3.8, 4) is 0 Å². The van der Waals surface area contributed by atoms with Crippen molar-refractivity contribution < 1.29 is 23.9 Å². The van der Waals surface area contributed by atoms with E-state index < -0.39 is 5.60 Å². The van der Waals surface area contributed by atoms with Gasteiger partial charge in [-0.2, -0.15) is 0 Å². The van der Waals surface area contributed by atoms with E-state index in [2.05, 4.69) is 19.9 Å². The number of carbonyl (C=O) groups is 3. The predicted octanol–water partition coefficient (Wildman–Crippen LogP) is 2.37. The van der Waals surface area contributed by atoms with E-state index in [1.807, 2.05) is 26.8 Å². The lowest BCUT2D eigenvalue weighted by atomic mass is 10.2. The highest BCUT2D eigenvalue weighted by molar-refractivity contribution is 7.99. The van der Waals surface area contributed by atoms with Crippen molar-refractivity contribution in [2.24, 2.45) is 0 Å². The standard InChI is InChI=1S/C20H30N4O5S/c1-20(2,3)29-19(27)24-10-8-23(9-11-24)15-5-6-16(21-13-15)22-17(25)7-12-30-14-18(26)28-4/h5-6,13H,7-12,14H2,1-4H3,(H,21,22,25). The van der Waals surface area contributed by atoms with Crippen molar-refractivity contribution in [3.05, 3.63) is 18.3 Å². The fraction of sp³-hybridized carbons (Fsp3) is 0.600. The van der Waals surface area contributed by atoms with E-state index >= 15 is 0 Å². The number of anilines is 2. The maximum Gasteiger partial charge on any atom is 0.410 e. The van der Waals surface area contributed by atoms with Crippen LogP contribution in [0, 0.1) is 0 Å². The molecular formula is C20H30N4O5S. The van der Waals surface area contributed by atoms with E-state index in [-0.39, 0.29) is 30.1 Å². The molecule has 1 aliphatic heterocycles. The molecule has 2 rings (SSSR count). The molecule has 1 saturated heterocycles. The van der Waals surface area contributed by atoms with E-state index in [1.54, 1.807) is 17.2 Å². The van der Waals surface area contributed by atoms with Gasteiger partial charge in [0.15, 0.2) is 0 Å². The highest BCUT2D eigenvalue weighted by Crippen LogP contribution is 2.19. The third kappa shape index (κ3) is 8.10. The molecule has 30 heavy (non-hydrogen) atoms. The Morgan fingerprint density at radius 2 is 1.87 bits per heavy atom. The number of thioether (sulfide) groups is 1. The second-order valence-electron chi connectivity index (χ2n) is 7.78. The largest absolute Gasteiger partial charge is 0.468 e. The highest BCUT2D eigenvalue weighted by atomic mass is 32.2. The molecule has 0 radical (unpaired) electrons. The molecule has 0 aliphatic carbocycles. The average molecular weight is 439 g/mol. The van der Waals surface area contributed by atoms with Gasteiger partial charge >= 0.3 is 12.1 Å². The molecule has 0 bridgehead atoms. The molecule has 0 atom stereocenters.